The van der Waals surface area contributed by atoms with Gasteiger partial charge in [-0.25, -0.2) is 4.98 Å². The number of aromatic nitrogens is 1. The van der Waals surface area contributed by atoms with E-state index in [0.29, 0.717) is 6.04 Å². The van der Waals surface area contributed by atoms with Crippen LogP contribution >= 0.6 is 11.3 Å². The molecule has 2 heterocycles. The Hall–Kier alpha value is -0.450. The molecule has 3 nitrogen and oxygen atoms in total. The van der Waals surface area contributed by atoms with E-state index < -0.39 is 0 Å². The molecule has 1 aliphatic heterocycles. The zero-order valence-corrected chi connectivity index (χ0v) is 15.0. The van der Waals surface area contributed by atoms with Gasteiger partial charge in [0.25, 0.3) is 0 Å². The van der Waals surface area contributed by atoms with Crippen molar-refractivity contribution in [2.75, 3.05) is 6.61 Å². The molecule has 0 aliphatic carbocycles. The average molecular weight is 311 g/mol. The van der Waals surface area contributed by atoms with Crippen LogP contribution in [-0.2, 0) is 16.7 Å². The fourth-order valence-corrected chi connectivity index (χ4v) is 3.85. The topological polar surface area (TPSA) is 34.2 Å². The summed E-state index contributed by atoms with van der Waals surface area (Å²) in [7, 11) is 0. The normalized spacial score (nSPS) is 22.4. The van der Waals surface area contributed by atoms with Crippen LogP contribution in [0.25, 0.3) is 0 Å². The van der Waals surface area contributed by atoms with Gasteiger partial charge in [-0.15, -0.1) is 11.3 Å². The third-order valence-electron chi connectivity index (χ3n) is 4.54. The lowest BCUT2D eigenvalue weighted by atomic mass is 9.86. The number of nitrogens with zero attached hydrogens (tertiary/aromatic N) is 1. The Bertz CT molecular complexity index is 446. The van der Waals surface area contributed by atoms with Crippen LogP contribution in [0.15, 0.2) is 6.20 Å². The maximum Gasteiger partial charge on any atom is 0.0981 e. The van der Waals surface area contributed by atoms with Crippen LogP contribution in [0.1, 0.15) is 70.2 Å². The van der Waals surface area contributed by atoms with E-state index in [9.17, 15) is 0 Å². The second-order valence-electron chi connectivity index (χ2n) is 7.19. The summed E-state index contributed by atoms with van der Waals surface area (Å²) in [4.78, 5) is 5.90. The molecule has 120 valence electrons. The summed E-state index contributed by atoms with van der Waals surface area (Å²) in [6, 6.07) is 0.568. The number of rotatable bonds is 5. The van der Waals surface area contributed by atoms with Gasteiger partial charge >= 0.3 is 0 Å². The summed E-state index contributed by atoms with van der Waals surface area (Å²) < 4.78 is 6.05. The molecule has 1 atom stereocenters. The molecule has 1 N–H and O–H groups in total. The summed E-state index contributed by atoms with van der Waals surface area (Å²) in [5, 5.41) is 4.94. The lowest BCUT2D eigenvalue weighted by Gasteiger charge is -2.40. The van der Waals surface area contributed by atoms with E-state index in [-0.39, 0.29) is 11.0 Å². The van der Waals surface area contributed by atoms with Crippen LogP contribution in [0.4, 0.5) is 0 Å². The summed E-state index contributed by atoms with van der Waals surface area (Å²) in [5.41, 5.74) is 0.251. The highest BCUT2D eigenvalue weighted by molar-refractivity contribution is 7.11. The van der Waals surface area contributed by atoms with Crippen LogP contribution in [0.5, 0.6) is 0 Å². The van der Waals surface area contributed by atoms with Gasteiger partial charge < -0.3 is 10.1 Å². The quantitative estimate of drug-likeness (QED) is 0.882. The van der Waals surface area contributed by atoms with Crippen molar-refractivity contribution < 1.29 is 4.74 Å². The fourth-order valence-electron chi connectivity index (χ4n) is 2.93. The van der Waals surface area contributed by atoms with Crippen molar-refractivity contribution in [3.8, 4) is 0 Å². The molecule has 2 rings (SSSR count). The lowest BCUT2D eigenvalue weighted by molar-refractivity contribution is -0.0931. The van der Waals surface area contributed by atoms with Crippen molar-refractivity contribution >= 4 is 11.3 Å². The molecule has 0 radical (unpaired) electrons. The lowest BCUT2D eigenvalue weighted by Crippen LogP contribution is -2.46. The molecular formula is C17H30N2OS. The van der Waals surface area contributed by atoms with E-state index in [1.807, 2.05) is 17.5 Å². The number of nitrogens with one attached hydrogen (secondary N) is 1. The number of thiazole rings is 1. The summed E-state index contributed by atoms with van der Waals surface area (Å²) in [5.74, 6) is 0. The van der Waals surface area contributed by atoms with Crippen LogP contribution < -0.4 is 5.32 Å². The largest absolute Gasteiger partial charge is 0.375 e. The second kappa shape index (κ2) is 6.76. The van der Waals surface area contributed by atoms with Crippen molar-refractivity contribution in [1.29, 1.82) is 0 Å². The van der Waals surface area contributed by atoms with Gasteiger partial charge in [0.15, 0.2) is 0 Å². The second-order valence-corrected chi connectivity index (χ2v) is 8.31. The number of hydrogen-bond donors (Lipinski definition) is 1. The predicted octanol–water partition coefficient (Wildman–Crippen LogP) is 4.27. The van der Waals surface area contributed by atoms with E-state index in [2.05, 4.69) is 44.9 Å². The molecule has 0 amide bonds. The first-order valence-corrected chi connectivity index (χ1v) is 9.03. The molecule has 1 saturated heterocycles. The van der Waals surface area contributed by atoms with E-state index in [4.69, 9.17) is 4.74 Å². The van der Waals surface area contributed by atoms with Crippen molar-refractivity contribution in [3.63, 3.8) is 0 Å². The van der Waals surface area contributed by atoms with E-state index in [1.54, 1.807) is 0 Å². The Morgan fingerprint density at radius 1 is 1.38 bits per heavy atom. The average Bonchev–Trinajstić information content (AvgIpc) is 2.94. The smallest absolute Gasteiger partial charge is 0.0981 e. The first kappa shape index (κ1) is 16.9. The number of ether oxygens (including phenoxy) is 1. The fraction of sp³-hybridized carbons (Fsp3) is 0.824. The van der Waals surface area contributed by atoms with Gasteiger partial charge in [0, 0.05) is 35.7 Å². The maximum atomic E-state index is 6.05. The van der Waals surface area contributed by atoms with Crippen molar-refractivity contribution in [1.82, 2.24) is 10.3 Å². The standard InChI is InChI=1S/C17H30N2OS/c1-6-17(7-2)10-13(8-9-20-17)18-11-14-12-19-15(21-14)16(3,4)5/h12-13,18H,6-11H2,1-5H3. The summed E-state index contributed by atoms with van der Waals surface area (Å²) in [6.45, 7) is 13.0. The molecule has 1 aromatic rings. The first-order valence-electron chi connectivity index (χ1n) is 8.21. The minimum Gasteiger partial charge on any atom is -0.375 e. The molecule has 0 saturated carbocycles. The first-order chi connectivity index (χ1) is 9.88. The molecule has 21 heavy (non-hydrogen) atoms. The van der Waals surface area contributed by atoms with Gasteiger partial charge in [0.05, 0.1) is 10.6 Å². The molecule has 1 fully saturated rings. The van der Waals surface area contributed by atoms with Crippen molar-refractivity contribution in [3.05, 3.63) is 16.1 Å². The van der Waals surface area contributed by atoms with Crippen LogP contribution in [-0.4, -0.2) is 23.2 Å². The number of hydrogen-bond acceptors (Lipinski definition) is 4. The molecule has 4 heteroatoms. The maximum absolute atomic E-state index is 6.05. The van der Waals surface area contributed by atoms with Gasteiger partial charge in [-0.1, -0.05) is 34.6 Å². The summed E-state index contributed by atoms with van der Waals surface area (Å²) in [6.07, 6.45) is 6.49. The molecule has 0 bridgehead atoms. The van der Waals surface area contributed by atoms with Crippen molar-refractivity contribution in [2.24, 2.45) is 0 Å². The Morgan fingerprint density at radius 3 is 2.67 bits per heavy atom. The molecule has 1 aromatic heterocycles. The Labute approximate surface area is 133 Å². The third-order valence-corrected chi connectivity index (χ3v) is 5.96. The molecular weight excluding hydrogens is 280 g/mol. The minimum atomic E-state index is 0.0974. The molecule has 0 aromatic carbocycles. The van der Waals surface area contributed by atoms with E-state index in [1.165, 1.54) is 9.88 Å². The van der Waals surface area contributed by atoms with Crippen LogP contribution in [0.2, 0.25) is 0 Å². The van der Waals surface area contributed by atoms with Crippen molar-refractivity contribution in [2.45, 2.75) is 83.9 Å². The summed E-state index contributed by atoms with van der Waals surface area (Å²) >= 11 is 1.83. The third kappa shape index (κ3) is 4.27. The Balaban J connectivity index is 1.89. The highest BCUT2D eigenvalue weighted by Gasteiger charge is 2.34. The van der Waals surface area contributed by atoms with E-state index in [0.717, 1.165) is 38.8 Å². The SMILES string of the molecule is CCC1(CC)CC(NCc2cnc(C(C)(C)C)s2)CCO1. The monoisotopic (exact) mass is 310 g/mol. The van der Waals surface area contributed by atoms with Gasteiger partial charge in [0.1, 0.15) is 0 Å². The predicted molar refractivity (Wildman–Crippen MR) is 89.9 cm³/mol. The highest BCUT2D eigenvalue weighted by atomic mass is 32.1. The Morgan fingerprint density at radius 2 is 2.10 bits per heavy atom. The Kier molecular flexibility index (Phi) is 5.44. The van der Waals surface area contributed by atoms with E-state index >= 15 is 0 Å². The zero-order chi connectivity index (χ0) is 15.5. The molecule has 0 spiro atoms. The zero-order valence-electron chi connectivity index (χ0n) is 14.2. The van der Waals surface area contributed by atoms with Gasteiger partial charge in [-0.2, -0.15) is 0 Å². The minimum absolute atomic E-state index is 0.0974. The van der Waals surface area contributed by atoms with Crippen LogP contribution in [0, 0.1) is 0 Å². The van der Waals surface area contributed by atoms with Gasteiger partial charge in [-0.05, 0) is 25.7 Å². The van der Waals surface area contributed by atoms with Gasteiger partial charge in [0.2, 0.25) is 0 Å². The highest BCUT2D eigenvalue weighted by Crippen LogP contribution is 2.32. The van der Waals surface area contributed by atoms with Gasteiger partial charge in [-0.3, -0.25) is 0 Å². The molecule has 1 aliphatic rings. The molecule has 1 unspecified atom stereocenters. The van der Waals surface area contributed by atoms with Crippen LogP contribution in [0.3, 0.4) is 0 Å².